The summed E-state index contributed by atoms with van der Waals surface area (Å²) in [5.41, 5.74) is 2.13. The summed E-state index contributed by atoms with van der Waals surface area (Å²) in [5.74, 6) is 0. The van der Waals surface area contributed by atoms with Crippen LogP contribution in [0.4, 0.5) is 0 Å². The van der Waals surface area contributed by atoms with Crippen molar-refractivity contribution in [2.75, 3.05) is 13.7 Å². The third-order valence-electron chi connectivity index (χ3n) is 3.54. The van der Waals surface area contributed by atoms with Gasteiger partial charge in [0.25, 0.3) is 0 Å². The van der Waals surface area contributed by atoms with E-state index in [4.69, 9.17) is 4.74 Å². The standard InChI is InChI=1S/C14H19BrO2/c1-17-8-2-6-14(16)7-5-11-9-13(15)4-3-12(11)10-14/h3-4,9,16H,2,5-8,10H2,1H3. The minimum Gasteiger partial charge on any atom is -0.390 e. The molecule has 0 spiro atoms. The first-order valence-corrected chi connectivity index (χ1v) is 6.91. The zero-order chi connectivity index (χ0) is 12.3. The molecule has 0 aliphatic heterocycles. The van der Waals surface area contributed by atoms with Gasteiger partial charge < -0.3 is 9.84 Å². The number of hydrogen-bond acceptors (Lipinski definition) is 2. The fraction of sp³-hybridized carbons (Fsp3) is 0.571. The number of benzene rings is 1. The van der Waals surface area contributed by atoms with Crippen molar-refractivity contribution in [1.29, 1.82) is 0 Å². The number of rotatable bonds is 4. The first-order chi connectivity index (χ1) is 8.13. The first kappa shape index (κ1) is 13.1. The van der Waals surface area contributed by atoms with Crippen molar-refractivity contribution < 1.29 is 9.84 Å². The van der Waals surface area contributed by atoms with Gasteiger partial charge in [0.2, 0.25) is 0 Å². The second-order valence-corrected chi connectivity index (χ2v) is 5.83. The number of hydrogen-bond donors (Lipinski definition) is 1. The highest BCUT2D eigenvalue weighted by molar-refractivity contribution is 9.10. The Labute approximate surface area is 111 Å². The Morgan fingerprint density at radius 3 is 3.00 bits per heavy atom. The molecule has 1 aromatic carbocycles. The van der Waals surface area contributed by atoms with E-state index in [1.165, 1.54) is 11.1 Å². The Kier molecular flexibility index (Phi) is 4.23. The number of aliphatic hydroxyl groups is 1. The molecule has 94 valence electrons. The molecule has 0 amide bonds. The lowest BCUT2D eigenvalue weighted by atomic mass is 9.78. The molecule has 3 heteroatoms. The van der Waals surface area contributed by atoms with Gasteiger partial charge in [-0.05, 0) is 48.9 Å². The second kappa shape index (κ2) is 5.51. The van der Waals surface area contributed by atoms with Crippen LogP contribution >= 0.6 is 15.9 Å². The summed E-state index contributed by atoms with van der Waals surface area (Å²) in [7, 11) is 1.71. The average Bonchev–Trinajstić information content (AvgIpc) is 2.30. The predicted octanol–water partition coefficient (Wildman–Crippen LogP) is 3.10. The summed E-state index contributed by atoms with van der Waals surface area (Å²) in [6, 6.07) is 6.35. The molecule has 2 nitrogen and oxygen atoms in total. The van der Waals surface area contributed by atoms with Crippen molar-refractivity contribution in [2.24, 2.45) is 0 Å². The molecule has 2 rings (SSSR count). The zero-order valence-corrected chi connectivity index (χ0v) is 11.8. The molecule has 1 atom stereocenters. The van der Waals surface area contributed by atoms with E-state index in [1.54, 1.807) is 7.11 Å². The van der Waals surface area contributed by atoms with Crippen molar-refractivity contribution in [2.45, 2.75) is 37.7 Å². The Hall–Kier alpha value is -0.380. The Morgan fingerprint density at radius 1 is 1.41 bits per heavy atom. The first-order valence-electron chi connectivity index (χ1n) is 6.12. The summed E-state index contributed by atoms with van der Waals surface area (Å²) >= 11 is 3.49. The maximum atomic E-state index is 10.5. The summed E-state index contributed by atoms with van der Waals surface area (Å²) in [6.45, 7) is 0.732. The van der Waals surface area contributed by atoms with E-state index in [0.717, 1.165) is 43.2 Å². The number of ether oxygens (including phenoxy) is 1. The van der Waals surface area contributed by atoms with Crippen LogP contribution in [0.5, 0.6) is 0 Å². The smallest absolute Gasteiger partial charge is 0.0692 e. The highest BCUT2D eigenvalue weighted by Crippen LogP contribution is 2.33. The van der Waals surface area contributed by atoms with Gasteiger partial charge in [0.05, 0.1) is 5.60 Å². The highest BCUT2D eigenvalue weighted by Gasteiger charge is 2.31. The van der Waals surface area contributed by atoms with Crippen LogP contribution < -0.4 is 0 Å². The van der Waals surface area contributed by atoms with Crippen molar-refractivity contribution >= 4 is 15.9 Å². The molecule has 1 aliphatic carbocycles. The van der Waals surface area contributed by atoms with Gasteiger partial charge in [-0.15, -0.1) is 0 Å². The molecule has 0 bridgehead atoms. The van der Waals surface area contributed by atoms with Crippen LogP contribution in [0.1, 0.15) is 30.4 Å². The molecule has 17 heavy (non-hydrogen) atoms. The minimum atomic E-state index is -0.528. The predicted molar refractivity (Wildman–Crippen MR) is 72.2 cm³/mol. The van der Waals surface area contributed by atoms with Crippen LogP contribution in [-0.2, 0) is 17.6 Å². The summed E-state index contributed by atoms with van der Waals surface area (Å²) in [5, 5.41) is 10.5. The third-order valence-corrected chi connectivity index (χ3v) is 4.03. The van der Waals surface area contributed by atoms with Gasteiger partial charge in [0.15, 0.2) is 0 Å². The van der Waals surface area contributed by atoms with E-state index in [0.29, 0.717) is 0 Å². The fourth-order valence-corrected chi connectivity index (χ4v) is 2.98. The Bertz CT molecular complexity index is 392. The quantitative estimate of drug-likeness (QED) is 0.866. The lowest BCUT2D eigenvalue weighted by Gasteiger charge is -2.33. The van der Waals surface area contributed by atoms with E-state index in [9.17, 15) is 5.11 Å². The maximum absolute atomic E-state index is 10.5. The van der Waals surface area contributed by atoms with Crippen LogP contribution in [-0.4, -0.2) is 24.4 Å². The molecule has 0 radical (unpaired) electrons. The lowest BCUT2D eigenvalue weighted by Crippen LogP contribution is -2.36. The van der Waals surface area contributed by atoms with Crippen LogP contribution in [0, 0.1) is 0 Å². The molecule has 0 aromatic heterocycles. The van der Waals surface area contributed by atoms with Gasteiger partial charge in [-0.2, -0.15) is 0 Å². The van der Waals surface area contributed by atoms with Crippen LogP contribution in [0.2, 0.25) is 0 Å². The fourth-order valence-electron chi connectivity index (χ4n) is 2.57. The highest BCUT2D eigenvalue weighted by atomic mass is 79.9. The average molecular weight is 299 g/mol. The summed E-state index contributed by atoms with van der Waals surface area (Å²) < 4.78 is 6.17. The number of fused-ring (bicyclic) bond motifs is 1. The second-order valence-electron chi connectivity index (χ2n) is 4.91. The number of aryl methyl sites for hydroxylation is 1. The van der Waals surface area contributed by atoms with Crippen LogP contribution in [0.3, 0.4) is 0 Å². The minimum absolute atomic E-state index is 0.528. The monoisotopic (exact) mass is 298 g/mol. The molecule has 1 aromatic rings. The van der Waals surface area contributed by atoms with Crippen molar-refractivity contribution in [3.8, 4) is 0 Å². The summed E-state index contributed by atoms with van der Waals surface area (Å²) in [4.78, 5) is 0. The van der Waals surface area contributed by atoms with Gasteiger partial charge in [-0.3, -0.25) is 0 Å². The van der Waals surface area contributed by atoms with Gasteiger partial charge in [0.1, 0.15) is 0 Å². The van der Waals surface area contributed by atoms with Crippen molar-refractivity contribution in [1.82, 2.24) is 0 Å². The van der Waals surface area contributed by atoms with Crippen LogP contribution in [0.25, 0.3) is 0 Å². The SMILES string of the molecule is COCCCC1(O)CCc2cc(Br)ccc2C1. The number of halogens is 1. The molecule has 1 aliphatic rings. The molecule has 1 N–H and O–H groups in total. The normalized spacial score (nSPS) is 23.5. The third kappa shape index (κ3) is 3.30. The largest absolute Gasteiger partial charge is 0.390 e. The lowest BCUT2D eigenvalue weighted by molar-refractivity contribution is 0.0100. The van der Waals surface area contributed by atoms with Crippen molar-refractivity contribution in [3.63, 3.8) is 0 Å². The molecular formula is C14H19BrO2. The van der Waals surface area contributed by atoms with Gasteiger partial charge in [-0.1, -0.05) is 22.0 Å². The van der Waals surface area contributed by atoms with E-state index >= 15 is 0 Å². The molecular weight excluding hydrogens is 280 g/mol. The van der Waals surface area contributed by atoms with Crippen LogP contribution in [0.15, 0.2) is 22.7 Å². The van der Waals surface area contributed by atoms with E-state index < -0.39 is 5.60 Å². The molecule has 0 fully saturated rings. The van der Waals surface area contributed by atoms with E-state index in [2.05, 4.69) is 34.1 Å². The summed E-state index contributed by atoms with van der Waals surface area (Å²) in [6.07, 6.45) is 4.37. The molecule has 0 heterocycles. The molecule has 0 saturated carbocycles. The van der Waals surface area contributed by atoms with Gasteiger partial charge in [0, 0.05) is 24.6 Å². The Balaban J connectivity index is 2.04. The zero-order valence-electron chi connectivity index (χ0n) is 10.2. The number of methoxy groups -OCH3 is 1. The van der Waals surface area contributed by atoms with E-state index in [1.807, 2.05) is 0 Å². The Morgan fingerprint density at radius 2 is 2.24 bits per heavy atom. The van der Waals surface area contributed by atoms with E-state index in [-0.39, 0.29) is 0 Å². The maximum Gasteiger partial charge on any atom is 0.0692 e. The van der Waals surface area contributed by atoms with Crippen molar-refractivity contribution in [3.05, 3.63) is 33.8 Å². The molecule has 0 saturated heterocycles. The topological polar surface area (TPSA) is 29.5 Å². The van der Waals surface area contributed by atoms with Gasteiger partial charge >= 0.3 is 0 Å². The molecule has 1 unspecified atom stereocenters. The van der Waals surface area contributed by atoms with Gasteiger partial charge in [-0.25, -0.2) is 0 Å².